The minimum Gasteiger partial charge on any atom is -0.409 e. The van der Waals surface area contributed by atoms with Crippen LogP contribution in [0.3, 0.4) is 0 Å². The van der Waals surface area contributed by atoms with E-state index in [9.17, 15) is 8.42 Å². The second-order valence-electron chi connectivity index (χ2n) is 3.88. The molecule has 6 nitrogen and oxygen atoms in total. The van der Waals surface area contributed by atoms with Gasteiger partial charge in [0.15, 0.2) is 0 Å². The molecule has 0 aromatic rings. The van der Waals surface area contributed by atoms with Gasteiger partial charge in [-0.05, 0) is 6.42 Å². The van der Waals surface area contributed by atoms with Crippen molar-refractivity contribution in [2.75, 3.05) is 19.3 Å². The summed E-state index contributed by atoms with van der Waals surface area (Å²) >= 11 is 0. The highest BCUT2D eigenvalue weighted by Crippen LogP contribution is 2.06. The van der Waals surface area contributed by atoms with Gasteiger partial charge in [0.05, 0.1) is 5.75 Å². The molecule has 0 bridgehead atoms. The number of nitrogens with two attached hydrogens (primary N) is 1. The second kappa shape index (κ2) is 6.70. The van der Waals surface area contributed by atoms with E-state index in [1.165, 1.54) is 11.4 Å². The maximum atomic E-state index is 11.7. The molecule has 16 heavy (non-hydrogen) atoms. The molecule has 0 radical (unpaired) electrons. The predicted molar refractivity (Wildman–Crippen MR) is 63.9 cm³/mol. The summed E-state index contributed by atoms with van der Waals surface area (Å²) < 4.78 is 24.7. The van der Waals surface area contributed by atoms with Gasteiger partial charge in [0.2, 0.25) is 10.0 Å². The lowest BCUT2D eigenvalue weighted by atomic mass is 10.2. The molecule has 0 aliphatic rings. The largest absolute Gasteiger partial charge is 0.409 e. The molecule has 0 saturated heterocycles. The average molecular weight is 251 g/mol. The number of hydrogen-bond acceptors (Lipinski definition) is 4. The van der Waals surface area contributed by atoms with Crippen LogP contribution in [-0.4, -0.2) is 43.1 Å². The summed E-state index contributed by atoms with van der Waals surface area (Å²) in [5.41, 5.74) is 5.39. The summed E-state index contributed by atoms with van der Waals surface area (Å²) in [6.07, 6.45) is 1.48. The molecular formula is C9H21N3O3S. The molecule has 0 heterocycles. The van der Waals surface area contributed by atoms with E-state index < -0.39 is 10.0 Å². The Labute approximate surface area is 97.2 Å². The zero-order chi connectivity index (χ0) is 12.8. The van der Waals surface area contributed by atoms with Crippen molar-refractivity contribution in [1.29, 1.82) is 0 Å². The smallest absolute Gasteiger partial charge is 0.213 e. The Bertz CT molecular complexity index is 327. The fourth-order valence-corrected chi connectivity index (χ4v) is 2.59. The van der Waals surface area contributed by atoms with Crippen LogP contribution in [0.4, 0.5) is 0 Å². The van der Waals surface area contributed by atoms with Gasteiger partial charge in [0.25, 0.3) is 0 Å². The number of sulfonamides is 1. The molecule has 1 atom stereocenters. The van der Waals surface area contributed by atoms with Crippen molar-refractivity contribution in [1.82, 2.24) is 4.31 Å². The van der Waals surface area contributed by atoms with Crippen LogP contribution < -0.4 is 5.73 Å². The van der Waals surface area contributed by atoms with Crippen LogP contribution in [-0.2, 0) is 10.0 Å². The standard InChI is InChI=1S/C9H21N3O3S/c1-4-5-6-16(14,15)12(3)7-8(2)9(10)11-13/h8,13H,4-7H2,1-3H3,(H2,10,11). The molecule has 0 aromatic heterocycles. The van der Waals surface area contributed by atoms with Crippen molar-refractivity contribution in [3.8, 4) is 0 Å². The third kappa shape index (κ3) is 4.80. The lowest BCUT2D eigenvalue weighted by molar-refractivity contribution is 0.312. The minimum absolute atomic E-state index is 0.0394. The zero-order valence-electron chi connectivity index (χ0n) is 10.0. The number of amidine groups is 1. The first-order chi connectivity index (χ1) is 7.35. The van der Waals surface area contributed by atoms with Crippen molar-refractivity contribution in [2.24, 2.45) is 16.8 Å². The Morgan fingerprint density at radius 2 is 2.12 bits per heavy atom. The molecule has 3 N–H and O–H groups in total. The summed E-state index contributed by atoms with van der Waals surface area (Å²) in [7, 11) is -1.71. The number of hydrogen-bond donors (Lipinski definition) is 2. The maximum Gasteiger partial charge on any atom is 0.213 e. The van der Waals surface area contributed by atoms with Crippen molar-refractivity contribution < 1.29 is 13.6 Å². The summed E-state index contributed by atoms with van der Waals surface area (Å²) in [5.74, 6) is -0.118. The number of nitrogens with zero attached hydrogens (tertiary/aromatic N) is 2. The SMILES string of the molecule is CCCCS(=O)(=O)N(C)CC(C)C(N)=NO. The summed E-state index contributed by atoms with van der Waals surface area (Å²) in [6, 6.07) is 0. The van der Waals surface area contributed by atoms with Gasteiger partial charge in [-0.1, -0.05) is 25.4 Å². The van der Waals surface area contributed by atoms with Crippen LogP contribution in [0.25, 0.3) is 0 Å². The van der Waals surface area contributed by atoms with Crippen LogP contribution in [0.2, 0.25) is 0 Å². The first-order valence-corrected chi connectivity index (χ1v) is 6.87. The molecular weight excluding hydrogens is 230 g/mol. The summed E-state index contributed by atoms with van der Waals surface area (Å²) in [4.78, 5) is 0. The van der Waals surface area contributed by atoms with E-state index in [1.807, 2.05) is 6.92 Å². The van der Waals surface area contributed by atoms with Gasteiger partial charge in [-0.25, -0.2) is 12.7 Å². The van der Waals surface area contributed by atoms with Gasteiger partial charge in [0, 0.05) is 19.5 Å². The molecule has 0 amide bonds. The molecule has 1 unspecified atom stereocenters. The minimum atomic E-state index is -3.22. The van der Waals surface area contributed by atoms with Crippen molar-refractivity contribution in [3.63, 3.8) is 0 Å². The number of rotatable bonds is 7. The van der Waals surface area contributed by atoms with Crippen molar-refractivity contribution >= 4 is 15.9 Å². The Kier molecular flexibility index (Phi) is 6.35. The number of oxime groups is 1. The molecule has 7 heteroatoms. The van der Waals surface area contributed by atoms with Crippen LogP contribution in [0.1, 0.15) is 26.7 Å². The predicted octanol–water partition coefficient (Wildman–Crippen LogP) is 0.431. The molecule has 0 saturated carbocycles. The molecule has 0 aliphatic heterocycles. The van der Waals surface area contributed by atoms with E-state index in [1.54, 1.807) is 6.92 Å². The molecule has 0 spiro atoms. The van der Waals surface area contributed by atoms with Gasteiger partial charge >= 0.3 is 0 Å². The van der Waals surface area contributed by atoms with Gasteiger partial charge in [-0.3, -0.25) is 0 Å². The third-order valence-electron chi connectivity index (χ3n) is 2.38. The quantitative estimate of drug-likeness (QED) is 0.297. The monoisotopic (exact) mass is 251 g/mol. The Balaban J connectivity index is 4.40. The summed E-state index contributed by atoms with van der Waals surface area (Å²) in [6.45, 7) is 3.87. The van der Waals surface area contributed by atoms with Crippen molar-refractivity contribution in [3.05, 3.63) is 0 Å². The molecule has 0 aromatic carbocycles. The highest BCUT2D eigenvalue weighted by Gasteiger charge is 2.20. The maximum absolute atomic E-state index is 11.7. The highest BCUT2D eigenvalue weighted by atomic mass is 32.2. The van der Waals surface area contributed by atoms with E-state index >= 15 is 0 Å². The Hall–Kier alpha value is -0.820. The highest BCUT2D eigenvalue weighted by molar-refractivity contribution is 7.89. The van der Waals surface area contributed by atoms with Crippen LogP contribution >= 0.6 is 0 Å². The topological polar surface area (TPSA) is 96.0 Å². The van der Waals surface area contributed by atoms with Crippen molar-refractivity contribution in [2.45, 2.75) is 26.7 Å². The van der Waals surface area contributed by atoms with E-state index in [4.69, 9.17) is 10.9 Å². The lowest BCUT2D eigenvalue weighted by Gasteiger charge is -2.20. The second-order valence-corrected chi connectivity index (χ2v) is 6.07. The first kappa shape index (κ1) is 15.2. The summed E-state index contributed by atoms with van der Waals surface area (Å²) in [5, 5.41) is 11.3. The normalized spacial score (nSPS) is 15.4. The zero-order valence-corrected chi connectivity index (χ0v) is 10.9. The molecule has 0 fully saturated rings. The van der Waals surface area contributed by atoms with E-state index in [2.05, 4.69) is 5.16 Å². The van der Waals surface area contributed by atoms with Crippen LogP contribution in [0.15, 0.2) is 5.16 Å². The van der Waals surface area contributed by atoms with Crippen LogP contribution in [0.5, 0.6) is 0 Å². The fraction of sp³-hybridized carbons (Fsp3) is 0.889. The van der Waals surface area contributed by atoms with E-state index in [0.717, 1.165) is 6.42 Å². The number of unbranched alkanes of at least 4 members (excludes halogenated alkanes) is 1. The van der Waals surface area contributed by atoms with Gasteiger partial charge in [-0.2, -0.15) is 0 Å². The van der Waals surface area contributed by atoms with Crippen LogP contribution in [0, 0.1) is 5.92 Å². The lowest BCUT2D eigenvalue weighted by Crippen LogP contribution is -2.37. The average Bonchev–Trinajstić information content (AvgIpc) is 2.24. The van der Waals surface area contributed by atoms with E-state index in [-0.39, 0.29) is 24.1 Å². The molecule has 0 rings (SSSR count). The van der Waals surface area contributed by atoms with E-state index in [0.29, 0.717) is 6.42 Å². The first-order valence-electron chi connectivity index (χ1n) is 5.26. The van der Waals surface area contributed by atoms with Gasteiger partial charge in [-0.15, -0.1) is 0 Å². The molecule has 96 valence electrons. The molecule has 0 aliphatic carbocycles. The fourth-order valence-electron chi connectivity index (χ4n) is 1.17. The van der Waals surface area contributed by atoms with Gasteiger partial charge in [0.1, 0.15) is 5.84 Å². The Morgan fingerprint density at radius 3 is 2.56 bits per heavy atom. The Morgan fingerprint density at radius 1 is 1.56 bits per heavy atom. The third-order valence-corrected chi connectivity index (χ3v) is 4.29. The van der Waals surface area contributed by atoms with Gasteiger partial charge < -0.3 is 10.9 Å².